The first-order valence-electron chi connectivity index (χ1n) is 5.94. The van der Waals surface area contributed by atoms with Gasteiger partial charge in [0.05, 0.1) is 10.6 Å². The summed E-state index contributed by atoms with van der Waals surface area (Å²) < 4.78 is 5.38. The van der Waals surface area contributed by atoms with Crippen LogP contribution in [0.1, 0.15) is 15.9 Å². The van der Waals surface area contributed by atoms with E-state index in [-0.39, 0.29) is 28.1 Å². The van der Waals surface area contributed by atoms with E-state index in [2.05, 4.69) is 0 Å². The fourth-order valence-electron chi connectivity index (χ4n) is 2.02. The second-order valence-corrected chi connectivity index (χ2v) is 4.90. The van der Waals surface area contributed by atoms with Gasteiger partial charge in [-0.15, -0.1) is 0 Å². The van der Waals surface area contributed by atoms with Crippen molar-refractivity contribution in [1.29, 1.82) is 0 Å². The first kappa shape index (κ1) is 13.3. The Bertz CT molecular complexity index is 772. The molecule has 3 rings (SSSR count). The number of hydrogen-bond donors (Lipinski definition) is 3. The fourth-order valence-corrected chi connectivity index (χ4v) is 2.24. The maximum atomic E-state index is 12.1. The molecule has 0 fully saturated rings. The van der Waals surface area contributed by atoms with Gasteiger partial charge in [0.1, 0.15) is 11.5 Å². The summed E-state index contributed by atoms with van der Waals surface area (Å²) in [4.78, 5) is 12.1. The molecule has 1 aliphatic heterocycles. The minimum atomic E-state index is -0.425. The van der Waals surface area contributed by atoms with Crippen LogP contribution >= 0.6 is 11.6 Å². The second kappa shape index (κ2) is 4.71. The molecule has 0 amide bonds. The van der Waals surface area contributed by atoms with Crippen molar-refractivity contribution in [3.63, 3.8) is 0 Å². The monoisotopic (exact) mass is 304 g/mol. The third-order valence-corrected chi connectivity index (χ3v) is 3.31. The molecule has 106 valence electrons. The van der Waals surface area contributed by atoms with Gasteiger partial charge in [0.2, 0.25) is 5.78 Å². The molecule has 0 bridgehead atoms. The highest BCUT2D eigenvalue weighted by Gasteiger charge is 2.27. The largest absolute Gasteiger partial charge is 0.508 e. The van der Waals surface area contributed by atoms with Crippen molar-refractivity contribution in [3.8, 4) is 23.0 Å². The summed E-state index contributed by atoms with van der Waals surface area (Å²) >= 11 is 5.75. The lowest BCUT2D eigenvalue weighted by Gasteiger charge is -2.03. The zero-order valence-electron chi connectivity index (χ0n) is 10.5. The van der Waals surface area contributed by atoms with Crippen LogP contribution in [0.3, 0.4) is 0 Å². The van der Waals surface area contributed by atoms with Crippen LogP contribution in [0.5, 0.6) is 23.0 Å². The summed E-state index contributed by atoms with van der Waals surface area (Å²) in [5.41, 5.74) is 0.740. The van der Waals surface area contributed by atoms with Crippen LogP contribution in [0.25, 0.3) is 6.08 Å². The Balaban J connectivity index is 2.01. The Morgan fingerprint density at radius 2 is 1.86 bits per heavy atom. The van der Waals surface area contributed by atoms with E-state index in [9.17, 15) is 20.1 Å². The van der Waals surface area contributed by atoms with Crippen molar-refractivity contribution >= 4 is 23.5 Å². The van der Waals surface area contributed by atoms with Gasteiger partial charge in [-0.05, 0) is 35.9 Å². The van der Waals surface area contributed by atoms with Gasteiger partial charge >= 0.3 is 0 Å². The van der Waals surface area contributed by atoms with Gasteiger partial charge in [-0.3, -0.25) is 4.79 Å². The Hall–Kier alpha value is -2.66. The van der Waals surface area contributed by atoms with Gasteiger partial charge in [-0.25, -0.2) is 0 Å². The van der Waals surface area contributed by atoms with Gasteiger partial charge in [-0.2, -0.15) is 0 Å². The zero-order chi connectivity index (χ0) is 15.1. The van der Waals surface area contributed by atoms with Crippen LogP contribution < -0.4 is 4.74 Å². The molecule has 0 aliphatic carbocycles. The highest BCUT2D eigenvalue weighted by molar-refractivity contribution is 6.32. The molecule has 0 unspecified atom stereocenters. The highest BCUT2D eigenvalue weighted by atomic mass is 35.5. The number of aromatic hydroxyl groups is 3. The third-order valence-electron chi connectivity index (χ3n) is 3.02. The van der Waals surface area contributed by atoms with Crippen LogP contribution in [0.15, 0.2) is 36.1 Å². The summed E-state index contributed by atoms with van der Waals surface area (Å²) in [6.07, 6.45) is 1.39. The maximum absolute atomic E-state index is 12.1. The van der Waals surface area contributed by atoms with E-state index in [0.29, 0.717) is 11.1 Å². The molecule has 0 saturated heterocycles. The number of ether oxygens (including phenoxy) is 1. The number of phenolic OH excluding ortho intramolecular Hbond substituents is 3. The van der Waals surface area contributed by atoms with Crippen molar-refractivity contribution in [2.75, 3.05) is 0 Å². The SMILES string of the molecule is O=C1/C(=C/c2cc(O)c(O)c(Cl)c2)Oc2cc(O)ccc21. The molecule has 0 spiro atoms. The number of allylic oxidation sites excluding steroid dienone is 1. The molecule has 0 aromatic heterocycles. The molecule has 0 saturated carbocycles. The number of carbonyl (C=O) groups is 1. The molecule has 2 aromatic carbocycles. The van der Waals surface area contributed by atoms with E-state index >= 15 is 0 Å². The Morgan fingerprint density at radius 1 is 1.10 bits per heavy atom. The van der Waals surface area contributed by atoms with Crippen molar-refractivity contribution in [2.24, 2.45) is 0 Å². The molecule has 1 aliphatic rings. The number of Topliss-reactive ketones (excluding diaryl/α,β-unsaturated/α-hetero) is 1. The topological polar surface area (TPSA) is 87.0 Å². The van der Waals surface area contributed by atoms with Crippen molar-refractivity contribution in [3.05, 3.63) is 52.2 Å². The average molecular weight is 305 g/mol. The van der Waals surface area contributed by atoms with E-state index < -0.39 is 11.5 Å². The molecule has 6 heteroatoms. The van der Waals surface area contributed by atoms with Crippen molar-refractivity contribution in [2.45, 2.75) is 0 Å². The number of halogens is 1. The van der Waals surface area contributed by atoms with Crippen LogP contribution in [-0.2, 0) is 0 Å². The molecule has 0 atom stereocenters. The number of phenols is 3. The molecule has 5 nitrogen and oxygen atoms in total. The average Bonchev–Trinajstić information content (AvgIpc) is 2.72. The molecule has 0 radical (unpaired) electrons. The predicted molar refractivity (Wildman–Crippen MR) is 75.8 cm³/mol. The lowest BCUT2D eigenvalue weighted by molar-refractivity contribution is 0.101. The molecule has 3 N–H and O–H groups in total. The Morgan fingerprint density at radius 3 is 2.57 bits per heavy atom. The Kier molecular flexibility index (Phi) is 2.99. The van der Waals surface area contributed by atoms with Crippen LogP contribution in [0.2, 0.25) is 5.02 Å². The predicted octanol–water partition coefficient (Wildman–Crippen LogP) is 3.07. The maximum Gasteiger partial charge on any atom is 0.231 e. The molecule has 1 heterocycles. The summed E-state index contributed by atoms with van der Waals surface area (Å²) in [5.74, 6) is -0.862. The van der Waals surface area contributed by atoms with Gasteiger partial charge in [0.25, 0.3) is 0 Å². The number of rotatable bonds is 1. The highest BCUT2D eigenvalue weighted by Crippen LogP contribution is 2.37. The number of hydrogen-bond acceptors (Lipinski definition) is 5. The van der Waals surface area contributed by atoms with E-state index in [0.717, 1.165) is 0 Å². The van der Waals surface area contributed by atoms with E-state index in [1.807, 2.05) is 0 Å². The molecule has 2 aromatic rings. The summed E-state index contributed by atoms with van der Waals surface area (Å²) in [5, 5.41) is 28.2. The lowest BCUT2D eigenvalue weighted by atomic mass is 10.1. The standard InChI is InChI=1S/C15H9ClO5/c16-10-3-7(4-11(18)15(10)20)5-13-14(19)9-2-1-8(17)6-12(9)21-13/h1-6,17-18,20H/b13-5-. The Labute approximate surface area is 124 Å². The first-order chi connectivity index (χ1) is 9.95. The number of benzene rings is 2. The smallest absolute Gasteiger partial charge is 0.231 e. The quantitative estimate of drug-likeness (QED) is 0.557. The van der Waals surface area contributed by atoms with Crippen LogP contribution in [-0.4, -0.2) is 21.1 Å². The summed E-state index contributed by atoms with van der Waals surface area (Å²) in [6.45, 7) is 0. The van der Waals surface area contributed by atoms with Crippen LogP contribution in [0, 0.1) is 0 Å². The van der Waals surface area contributed by atoms with Crippen molar-refractivity contribution < 1.29 is 24.9 Å². The minimum absolute atomic E-state index is 0.00637. The van der Waals surface area contributed by atoms with Gasteiger partial charge in [-0.1, -0.05) is 11.6 Å². The lowest BCUT2D eigenvalue weighted by Crippen LogP contribution is -1.98. The fraction of sp³-hybridized carbons (Fsp3) is 0. The second-order valence-electron chi connectivity index (χ2n) is 4.49. The number of ketones is 1. The van der Waals surface area contributed by atoms with Gasteiger partial charge < -0.3 is 20.1 Å². The van der Waals surface area contributed by atoms with E-state index in [1.54, 1.807) is 0 Å². The third kappa shape index (κ3) is 2.28. The first-order valence-corrected chi connectivity index (χ1v) is 6.32. The van der Waals surface area contributed by atoms with Crippen LogP contribution in [0.4, 0.5) is 0 Å². The molecular weight excluding hydrogens is 296 g/mol. The molecular formula is C15H9ClO5. The normalized spacial score (nSPS) is 15.1. The number of carbonyl (C=O) groups excluding carboxylic acids is 1. The van der Waals surface area contributed by atoms with Crippen molar-refractivity contribution in [1.82, 2.24) is 0 Å². The van der Waals surface area contributed by atoms with E-state index in [4.69, 9.17) is 16.3 Å². The van der Waals surface area contributed by atoms with Gasteiger partial charge in [0, 0.05) is 6.07 Å². The molecule has 21 heavy (non-hydrogen) atoms. The summed E-state index contributed by atoms with van der Waals surface area (Å²) in [6, 6.07) is 6.85. The number of fused-ring (bicyclic) bond motifs is 1. The minimum Gasteiger partial charge on any atom is -0.508 e. The zero-order valence-corrected chi connectivity index (χ0v) is 11.3. The van der Waals surface area contributed by atoms with E-state index in [1.165, 1.54) is 36.4 Å². The summed E-state index contributed by atoms with van der Waals surface area (Å²) in [7, 11) is 0. The van der Waals surface area contributed by atoms with Gasteiger partial charge in [0.15, 0.2) is 17.3 Å².